The third-order valence-corrected chi connectivity index (χ3v) is 2.67. The van der Waals surface area contributed by atoms with E-state index in [9.17, 15) is 13.2 Å². The van der Waals surface area contributed by atoms with Crippen molar-refractivity contribution < 1.29 is 13.2 Å². The molecule has 1 aliphatic rings. The summed E-state index contributed by atoms with van der Waals surface area (Å²) in [4.78, 5) is 3.64. The zero-order valence-electron chi connectivity index (χ0n) is 7.30. The maximum atomic E-state index is 13.0. The van der Waals surface area contributed by atoms with Crippen LogP contribution in [0.25, 0.3) is 0 Å². The van der Waals surface area contributed by atoms with Gasteiger partial charge in [0.2, 0.25) is 0 Å². The van der Waals surface area contributed by atoms with E-state index in [4.69, 9.17) is 5.73 Å². The Kier molecular flexibility index (Phi) is 1.82. The van der Waals surface area contributed by atoms with Gasteiger partial charge in [-0.05, 0) is 12.1 Å². The largest absolute Gasteiger partial charge is 0.329 e. The fourth-order valence-electron chi connectivity index (χ4n) is 1.60. The summed E-state index contributed by atoms with van der Waals surface area (Å²) < 4.78 is 38.6. The van der Waals surface area contributed by atoms with Gasteiger partial charge in [-0.25, -0.2) is 13.2 Å². The molecule has 1 unspecified atom stereocenters. The summed E-state index contributed by atoms with van der Waals surface area (Å²) in [5.41, 5.74) is 4.11. The number of aromatic nitrogens is 1. The van der Waals surface area contributed by atoms with Gasteiger partial charge in [0.05, 0.1) is 17.3 Å². The molecule has 5 heteroatoms. The highest BCUT2D eigenvalue weighted by Crippen LogP contribution is 2.60. The molecule has 14 heavy (non-hydrogen) atoms. The SMILES string of the molecule is NCC1(c2ccc(F)cn2)CC1(F)F. The summed E-state index contributed by atoms with van der Waals surface area (Å²) in [6, 6.07) is 2.39. The van der Waals surface area contributed by atoms with Crippen LogP contribution in [0.2, 0.25) is 0 Å². The van der Waals surface area contributed by atoms with E-state index >= 15 is 0 Å². The first-order valence-electron chi connectivity index (χ1n) is 4.22. The molecular weight excluding hydrogens is 193 g/mol. The maximum absolute atomic E-state index is 13.0. The molecular formula is C9H9F3N2. The van der Waals surface area contributed by atoms with Gasteiger partial charge in [-0.1, -0.05) is 0 Å². The highest BCUT2D eigenvalue weighted by atomic mass is 19.3. The molecule has 1 aliphatic carbocycles. The molecule has 0 aliphatic heterocycles. The molecule has 0 aromatic carbocycles. The zero-order chi connectivity index (χ0) is 10.4. The predicted molar refractivity (Wildman–Crippen MR) is 44.5 cm³/mol. The molecule has 0 radical (unpaired) electrons. The van der Waals surface area contributed by atoms with E-state index in [0.717, 1.165) is 12.3 Å². The highest BCUT2D eigenvalue weighted by Gasteiger charge is 2.72. The first-order chi connectivity index (χ1) is 6.52. The number of nitrogens with two attached hydrogens (primary N) is 1. The van der Waals surface area contributed by atoms with E-state index < -0.39 is 17.2 Å². The minimum atomic E-state index is -2.80. The number of halogens is 3. The van der Waals surface area contributed by atoms with Crippen molar-refractivity contribution in [3.05, 3.63) is 29.8 Å². The highest BCUT2D eigenvalue weighted by molar-refractivity contribution is 5.33. The minimum Gasteiger partial charge on any atom is -0.329 e. The van der Waals surface area contributed by atoms with Gasteiger partial charge >= 0.3 is 0 Å². The molecule has 0 bridgehead atoms. The topological polar surface area (TPSA) is 38.9 Å². The van der Waals surface area contributed by atoms with E-state index in [1.165, 1.54) is 6.07 Å². The van der Waals surface area contributed by atoms with Gasteiger partial charge < -0.3 is 5.73 Å². The lowest BCUT2D eigenvalue weighted by atomic mass is 10.0. The van der Waals surface area contributed by atoms with Crippen LogP contribution in [0.15, 0.2) is 18.3 Å². The lowest BCUT2D eigenvalue weighted by Crippen LogP contribution is -2.27. The Bertz CT molecular complexity index is 350. The molecule has 0 saturated heterocycles. The molecule has 1 aromatic heterocycles. The van der Waals surface area contributed by atoms with Crippen molar-refractivity contribution in [1.82, 2.24) is 4.98 Å². The van der Waals surface area contributed by atoms with Crippen molar-refractivity contribution in [2.75, 3.05) is 6.54 Å². The van der Waals surface area contributed by atoms with Crippen molar-refractivity contribution in [1.29, 1.82) is 0 Å². The van der Waals surface area contributed by atoms with Crippen molar-refractivity contribution in [2.24, 2.45) is 5.73 Å². The van der Waals surface area contributed by atoms with Crippen molar-refractivity contribution >= 4 is 0 Å². The van der Waals surface area contributed by atoms with E-state index in [0.29, 0.717) is 0 Å². The molecule has 2 N–H and O–H groups in total. The molecule has 1 fully saturated rings. The number of rotatable bonds is 2. The lowest BCUT2D eigenvalue weighted by Gasteiger charge is -2.12. The van der Waals surface area contributed by atoms with Gasteiger partial charge in [0.25, 0.3) is 5.92 Å². The maximum Gasteiger partial charge on any atom is 0.261 e. The zero-order valence-corrected chi connectivity index (χ0v) is 7.30. The summed E-state index contributed by atoms with van der Waals surface area (Å²) in [6.07, 6.45) is 0.635. The molecule has 0 spiro atoms. The first-order valence-corrected chi connectivity index (χ1v) is 4.22. The third kappa shape index (κ3) is 1.12. The Morgan fingerprint density at radius 1 is 1.43 bits per heavy atom. The summed E-state index contributed by atoms with van der Waals surface area (Å²) in [6.45, 7) is -0.168. The normalized spacial score (nSPS) is 28.9. The summed E-state index contributed by atoms with van der Waals surface area (Å²) >= 11 is 0. The second-order valence-corrected chi connectivity index (χ2v) is 3.53. The molecule has 2 nitrogen and oxygen atoms in total. The second kappa shape index (κ2) is 2.70. The summed E-state index contributed by atoms with van der Waals surface area (Å²) in [5, 5.41) is 0. The number of pyridine rings is 1. The first kappa shape index (κ1) is 9.45. The van der Waals surface area contributed by atoms with Crippen molar-refractivity contribution in [2.45, 2.75) is 17.8 Å². The van der Waals surface area contributed by atoms with Gasteiger partial charge in [-0.3, -0.25) is 4.98 Å². The van der Waals surface area contributed by atoms with Crippen molar-refractivity contribution in [3.63, 3.8) is 0 Å². The van der Waals surface area contributed by atoms with Crippen LogP contribution in [0.1, 0.15) is 12.1 Å². The van der Waals surface area contributed by atoms with Gasteiger partial charge in [0.1, 0.15) is 5.82 Å². The van der Waals surface area contributed by atoms with Gasteiger partial charge in [-0.2, -0.15) is 0 Å². The van der Waals surface area contributed by atoms with E-state index in [1.54, 1.807) is 0 Å². The Labute approximate surface area is 78.9 Å². The van der Waals surface area contributed by atoms with Crippen LogP contribution >= 0.6 is 0 Å². The Hall–Kier alpha value is -1.10. The Balaban J connectivity index is 2.36. The number of hydrogen-bond donors (Lipinski definition) is 1. The van der Waals surface area contributed by atoms with Gasteiger partial charge in [0.15, 0.2) is 0 Å². The molecule has 76 valence electrons. The molecule has 1 heterocycles. The monoisotopic (exact) mass is 202 g/mol. The smallest absolute Gasteiger partial charge is 0.261 e. The van der Waals surface area contributed by atoms with Crippen LogP contribution in [0.4, 0.5) is 13.2 Å². The van der Waals surface area contributed by atoms with Crippen LogP contribution in [-0.2, 0) is 5.41 Å². The average Bonchev–Trinajstić information content (AvgIpc) is 2.71. The van der Waals surface area contributed by atoms with Crippen LogP contribution in [0.3, 0.4) is 0 Å². The van der Waals surface area contributed by atoms with Crippen LogP contribution < -0.4 is 5.73 Å². The fourth-order valence-corrected chi connectivity index (χ4v) is 1.60. The summed E-state index contributed by atoms with van der Waals surface area (Å²) in [7, 11) is 0. The number of hydrogen-bond acceptors (Lipinski definition) is 2. The van der Waals surface area contributed by atoms with Crippen LogP contribution in [0.5, 0.6) is 0 Å². The lowest BCUT2D eigenvalue weighted by molar-refractivity contribution is 0.0886. The van der Waals surface area contributed by atoms with Gasteiger partial charge in [0, 0.05) is 13.0 Å². The van der Waals surface area contributed by atoms with E-state index in [2.05, 4.69) is 4.98 Å². The molecule has 0 amide bonds. The molecule has 1 aromatic rings. The van der Waals surface area contributed by atoms with Gasteiger partial charge in [-0.15, -0.1) is 0 Å². The Morgan fingerprint density at radius 3 is 2.43 bits per heavy atom. The minimum absolute atomic E-state index is 0.168. The van der Waals surface area contributed by atoms with Crippen LogP contribution in [0, 0.1) is 5.82 Å². The third-order valence-electron chi connectivity index (χ3n) is 2.67. The predicted octanol–water partition coefficient (Wildman–Crippen LogP) is 1.46. The molecule has 2 rings (SSSR count). The standard InChI is InChI=1S/C9H9F3N2/c10-6-1-2-7(14-3-6)8(5-13)4-9(8,11)12/h1-3H,4-5,13H2. The Morgan fingerprint density at radius 2 is 2.07 bits per heavy atom. The average molecular weight is 202 g/mol. The molecule has 1 saturated carbocycles. The number of nitrogens with zero attached hydrogens (tertiary/aromatic N) is 1. The number of alkyl halides is 2. The van der Waals surface area contributed by atoms with E-state index in [-0.39, 0.29) is 18.7 Å². The second-order valence-electron chi connectivity index (χ2n) is 3.53. The van der Waals surface area contributed by atoms with E-state index in [1.807, 2.05) is 0 Å². The van der Waals surface area contributed by atoms with Crippen LogP contribution in [-0.4, -0.2) is 17.5 Å². The quantitative estimate of drug-likeness (QED) is 0.788. The molecule has 1 atom stereocenters. The summed E-state index contributed by atoms with van der Waals surface area (Å²) in [5.74, 6) is -3.34. The van der Waals surface area contributed by atoms with Crippen molar-refractivity contribution in [3.8, 4) is 0 Å². The fraction of sp³-hybridized carbons (Fsp3) is 0.444.